The summed E-state index contributed by atoms with van der Waals surface area (Å²) in [5.74, 6) is 0. The summed E-state index contributed by atoms with van der Waals surface area (Å²) in [6.07, 6.45) is 8.80. The van der Waals surface area contributed by atoms with Crippen LogP contribution in [0.1, 0.15) is 6.42 Å². The second-order valence-corrected chi connectivity index (χ2v) is 1.68. The molecule has 42 valence electrons. The Morgan fingerprint density at radius 1 is 1.75 bits per heavy atom. The van der Waals surface area contributed by atoms with Gasteiger partial charge in [0.25, 0.3) is 0 Å². The first-order chi connectivity index (χ1) is 3.93. The molecular weight excluding hydrogens is 98.1 g/mol. The Balaban J connectivity index is 2.50. The van der Waals surface area contributed by atoms with Crippen molar-refractivity contribution in [3.63, 3.8) is 0 Å². The highest BCUT2D eigenvalue weighted by Crippen LogP contribution is 2.03. The number of hydrogen-bond donors (Lipinski definition) is 1. The van der Waals surface area contributed by atoms with Crippen molar-refractivity contribution in [2.45, 2.75) is 6.42 Å². The molecule has 1 heterocycles. The number of allylic oxidation sites excluding steroid dienone is 3. The number of hydrogen-bond acceptors (Lipinski definition) is 1. The standard InChI is InChI=1S/C7H9N/c1-2-4-7-5-3-6-8-7/h2-4,6,8H,1,5H2/b7-4+. The molecule has 1 heteroatoms. The molecule has 0 bridgehead atoms. The van der Waals surface area contributed by atoms with Gasteiger partial charge in [-0.2, -0.15) is 0 Å². The van der Waals surface area contributed by atoms with Crippen molar-refractivity contribution in [1.82, 2.24) is 5.32 Å². The summed E-state index contributed by atoms with van der Waals surface area (Å²) in [6, 6.07) is 0. The minimum atomic E-state index is 1.02. The average molecular weight is 107 g/mol. The predicted octanol–water partition coefficient (Wildman–Crippen LogP) is 1.56. The van der Waals surface area contributed by atoms with Gasteiger partial charge in [-0.1, -0.05) is 18.7 Å². The topological polar surface area (TPSA) is 12.0 Å². The maximum absolute atomic E-state index is 3.58. The molecular formula is C7H9N. The highest BCUT2D eigenvalue weighted by atomic mass is 14.9. The van der Waals surface area contributed by atoms with E-state index in [1.807, 2.05) is 12.3 Å². The normalized spacial score (nSPS) is 21.2. The molecule has 0 saturated heterocycles. The monoisotopic (exact) mass is 107 g/mol. The van der Waals surface area contributed by atoms with Crippen molar-refractivity contribution in [2.24, 2.45) is 0 Å². The second-order valence-electron chi connectivity index (χ2n) is 1.68. The molecule has 1 nitrogen and oxygen atoms in total. The molecule has 0 atom stereocenters. The van der Waals surface area contributed by atoms with Crippen LogP contribution in [0.4, 0.5) is 0 Å². The van der Waals surface area contributed by atoms with Crippen LogP contribution in [0, 0.1) is 0 Å². The molecule has 0 radical (unpaired) electrons. The summed E-state index contributed by atoms with van der Waals surface area (Å²) in [5.41, 5.74) is 1.22. The van der Waals surface area contributed by atoms with Gasteiger partial charge in [-0.3, -0.25) is 0 Å². The Kier molecular flexibility index (Phi) is 1.52. The highest BCUT2D eigenvalue weighted by molar-refractivity contribution is 5.18. The fraction of sp³-hybridized carbons (Fsp3) is 0.143. The van der Waals surface area contributed by atoms with Crippen molar-refractivity contribution >= 4 is 0 Å². The summed E-state index contributed by atoms with van der Waals surface area (Å²) in [7, 11) is 0. The van der Waals surface area contributed by atoms with E-state index in [1.54, 1.807) is 6.08 Å². The van der Waals surface area contributed by atoms with E-state index in [2.05, 4.69) is 18.0 Å². The first-order valence-electron chi connectivity index (χ1n) is 2.66. The molecule has 0 fully saturated rings. The number of nitrogens with one attached hydrogen (secondary N) is 1. The van der Waals surface area contributed by atoms with Crippen LogP contribution in [0.2, 0.25) is 0 Å². The van der Waals surface area contributed by atoms with Crippen LogP contribution in [-0.2, 0) is 0 Å². The lowest BCUT2D eigenvalue weighted by Crippen LogP contribution is -1.95. The lowest BCUT2D eigenvalue weighted by Gasteiger charge is -1.91. The van der Waals surface area contributed by atoms with Crippen molar-refractivity contribution in [3.8, 4) is 0 Å². The van der Waals surface area contributed by atoms with Gasteiger partial charge in [0.15, 0.2) is 0 Å². The van der Waals surface area contributed by atoms with E-state index in [4.69, 9.17) is 0 Å². The van der Waals surface area contributed by atoms with Crippen molar-refractivity contribution in [3.05, 3.63) is 36.7 Å². The molecule has 0 aromatic carbocycles. The molecule has 0 amide bonds. The largest absolute Gasteiger partial charge is 0.365 e. The first kappa shape index (κ1) is 5.16. The van der Waals surface area contributed by atoms with E-state index in [1.165, 1.54) is 5.70 Å². The van der Waals surface area contributed by atoms with Gasteiger partial charge in [-0.15, -0.1) is 0 Å². The van der Waals surface area contributed by atoms with Crippen LogP contribution < -0.4 is 5.32 Å². The zero-order valence-electron chi connectivity index (χ0n) is 4.72. The SMILES string of the molecule is C=C/C=C1\CC=CN1. The first-order valence-corrected chi connectivity index (χ1v) is 2.66. The maximum Gasteiger partial charge on any atom is 0.0185 e. The third-order valence-electron chi connectivity index (χ3n) is 1.04. The van der Waals surface area contributed by atoms with E-state index < -0.39 is 0 Å². The van der Waals surface area contributed by atoms with E-state index in [0.29, 0.717) is 0 Å². The predicted molar refractivity (Wildman–Crippen MR) is 35.2 cm³/mol. The van der Waals surface area contributed by atoms with Crippen molar-refractivity contribution in [1.29, 1.82) is 0 Å². The molecule has 1 aliphatic rings. The van der Waals surface area contributed by atoms with Gasteiger partial charge >= 0.3 is 0 Å². The molecule has 1 aliphatic heterocycles. The van der Waals surface area contributed by atoms with Gasteiger partial charge in [-0.25, -0.2) is 0 Å². The summed E-state index contributed by atoms with van der Waals surface area (Å²) >= 11 is 0. The Bertz CT molecular complexity index is 132. The quantitative estimate of drug-likeness (QED) is 0.536. The Hall–Kier alpha value is -0.980. The fourth-order valence-corrected chi connectivity index (χ4v) is 0.669. The van der Waals surface area contributed by atoms with Crippen LogP contribution in [0.15, 0.2) is 36.7 Å². The average Bonchev–Trinajstić information content (AvgIpc) is 2.19. The summed E-state index contributed by atoms with van der Waals surface area (Å²) in [6.45, 7) is 3.58. The molecule has 0 spiro atoms. The summed E-state index contributed by atoms with van der Waals surface area (Å²) in [5, 5.41) is 3.07. The molecule has 1 N–H and O–H groups in total. The van der Waals surface area contributed by atoms with E-state index in [9.17, 15) is 0 Å². The zero-order valence-corrected chi connectivity index (χ0v) is 4.72. The van der Waals surface area contributed by atoms with Crippen LogP contribution in [-0.4, -0.2) is 0 Å². The van der Waals surface area contributed by atoms with Gasteiger partial charge < -0.3 is 5.32 Å². The molecule has 0 unspecified atom stereocenters. The minimum absolute atomic E-state index is 1.02. The van der Waals surface area contributed by atoms with Crippen LogP contribution in [0.25, 0.3) is 0 Å². The summed E-state index contributed by atoms with van der Waals surface area (Å²) in [4.78, 5) is 0. The van der Waals surface area contributed by atoms with Crippen molar-refractivity contribution < 1.29 is 0 Å². The van der Waals surface area contributed by atoms with Gasteiger partial charge in [0.05, 0.1) is 0 Å². The van der Waals surface area contributed by atoms with E-state index >= 15 is 0 Å². The van der Waals surface area contributed by atoms with Crippen LogP contribution >= 0.6 is 0 Å². The Labute approximate surface area is 49.4 Å². The molecule has 0 aromatic heterocycles. The molecule has 1 rings (SSSR count). The Morgan fingerprint density at radius 3 is 3.12 bits per heavy atom. The van der Waals surface area contributed by atoms with Gasteiger partial charge in [0, 0.05) is 12.1 Å². The highest BCUT2D eigenvalue weighted by Gasteiger charge is 1.93. The van der Waals surface area contributed by atoms with E-state index in [0.717, 1.165) is 6.42 Å². The van der Waals surface area contributed by atoms with Crippen molar-refractivity contribution in [2.75, 3.05) is 0 Å². The minimum Gasteiger partial charge on any atom is -0.365 e. The maximum atomic E-state index is 3.58. The third kappa shape index (κ3) is 0.997. The molecule has 0 aliphatic carbocycles. The lowest BCUT2D eigenvalue weighted by molar-refractivity contribution is 1.07. The van der Waals surface area contributed by atoms with Gasteiger partial charge in [-0.05, 0) is 12.3 Å². The van der Waals surface area contributed by atoms with Gasteiger partial charge in [0.2, 0.25) is 0 Å². The molecule has 0 aromatic rings. The summed E-state index contributed by atoms with van der Waals surface area (Å²) < 4.78 is 0. The molecule has 8 heavy (non-hydrogen) atoms. The smallest absolute Gasteiger partial charge is 0.0185 e. The van der Waals surface area contributed by atoms with Gasteiger partial charge in [0.1, 0.15) is 0 Å². The van der Waals surface area contributed by atoms with E-state index in [-0.39, 0.29) is 0 Å². The molecule has 0 saturated carbocycles. The zero-order chi connectivity index (χ0) is 5.82. The number of rotatable bonds is 1. The Morgan fingerprint density at radius 2 is 2.62 bits per heavy atom. The third-order valence-corrected chi connectivity index (χ3v) is 1.04. The van der Waals surface area contributed by atoms with Crippen LogP contribution in [0.3, 0.4) is 0 Å². The lowest BCUT2D eigenvalue weighted by atomic mass is 10.3. The fourth-order valence-electron chi connectivity index (χ4n) is 0.669. The van der Waals surface area contributed by atoms with Crippen LogP contribution in [0.5, 0.6) is 0 Å². The second kappa shape index (κ2) is 2.36.